The van der Waals surface area contributed by atoms with Crippen LogP contribution in [0.2, 0.25) is 0 Å². The van der Waals surface area contributed by atoms with Gasteiger partial charge in [0.05, 0.1) is 12.3 Å². The zero-order valence-corrected chi connectivity index (χ0v) is 8.21. The Morgan fingerprint density at radius 1 is 1.54 bits per heavy atom. The lowest BCUT2D eigenvalue weighted by Crippen LogP contribution is -2.16. The predicted octanol–water partition coefficient (Wildman–Crippen LogP) is 1.90. The van der Waals surface area contributed by atoms with E-state index in [1.54, 1.807) is 0 Å². The van der Waals surface area contributed by atoms with Gasteiger partial charge in [-0.2, -0.15) is 0 Å². The Bertz CT molecular complexity index is 210. The van der Waals surface area contributed by atoms with E-state index >= 15 is 0 Å². The molecule has 1 rings (SSSR count). The molecular weight excluding hydrogens is 168 g/mol. The number of esters is 2. The molecule has 0 aromatic carbocycles. The van der Waals surface area contributed by atoms with Crippen molar-refractivity contribution in [1.82, 2.24) is 0 Å². The number of rotatable bonds is 4. The second-order valence-corrected chi connectivity index (χ2v) is 3.72. The molecule has 1 heterocycles. The van der Waals surface area contributed by atoms with Crippen molar-refractivity contribution in [3.05, 3.63) is 0 Å². The summed E-state index contributed by atoms with van der Waals surface area (Å²) in [6.45, 7) is 4.13. The third-order valence-electron chi connectivity index (χ3n) is 2.60. The molecule has 3 nitrogen and oxygen atoms in total. The lowest BCUT2D eigenvalue weighted by molar-refractivity contribution is -0.153. The number of hydrogen-bond donors (Lipinski definition) is 0. The molecule has 0 saturated carbocycles. The first-order chi connectivity index (χ1) is 6.15. The summed E-state index contributed by atoms with van der Waals surface area (Å²) in [6, 6.07) is 0. The van der Waals surface area contributed by atoms with Crippen LogP contribution in [-0.4, -0.2) is 11.9 Å². The van der Waals surface area contributed by atoms with Gasteiger partial charge in [0.25, 0.3) is 0 Å². The lowest BCUT2D eigenvalue weighted by atomic mass is 9.88. The summed E-state index contributed by atoms with van der Waals surface area (Å²) in [5.74, 6) is -0.593. The highest BCUT2D eigenvalue weighted by atomic mass is 16.6. The molecule has 0 amide bonds. The Balaban J connectivity index is 2.42. The maximum absolute atomic E-state index is 11.1. The third-order valence-corrected chi connectivity index (χ3v) is 2.60. The second-order valence-electron chi connectivity index (χ2n) is 3.72. The first-order valence-corrected chi connectivity index (χ1v) is 4.89. The van der Waals surface area contributed by atoms with Gasteiger partial charge in [-0.15, -0.1) is 0 Å². The molecule has 2 atom stereocenters. The van der Waals surface area contributed by atoms with Crippen LogP contribution < -0.4 is 0 Å². The minimum atomic E-state index is -0.363. The van der Waals surface area contributed by atoms with Gasteiger partial charge in [-0.05, 0) is 12.3 Å². The lowest BCUT2D eigenvalue weighted by Gasteiger charge is -2.13. The second kappa shape index (κ2) is 4.40. The summed E-state index contributed by atoms with van der Waals surface area (Å²) >= 11 is 0. The van der Waals surface area contributed by atoms with Gasteiger partial charge in [-0.25, -0.2) is 0 Å². The molecule has 1 aliphatic heterocycles. The van der Waals surface area contributed by atoms with E-state index < -0.39 is 0 Å². The summed E-state index contributed by atoms with van der Waals surface area (Å²) in [7, 11) is 0. The number of carbonyl (C=O) groups is 2. The van der Waals surface area contributed by atoms with E-state index in [0.717, 1.165) is 19.3 Å². The van der Waals surface area contributed by atoms with Crippen LogP contribution in [0.4, 0.5) is 0 Å². The van der Waals surface area contributed by atoms with E-state index in [2.05, 4.69) is 11.7 Å². The molecule has 1 fully saturated rings. The van der Waals surface area contributed by atoms with Crippen LogP contribution in [-0.2, 0) is 14.3 Å². The van der Waals surface area contributed by atoms with Gasteiger partial charge < -0.3 is 4.74 Å². The molecule has 0 spiro atoms. The van der Waals surface area contributed by atoms with Crippen molar-refractivity contribution < 1.29 is 14.3 Å². The van der Waals surface area contributed by atoms with Gasteiger partial charge in [-0.3, -0.25) is 9.59 Å². The number of carbonyl (C=O) groups excluding carboxylic acids is 2. The van der Waals surface area contributed by atoms with E-state index in [1.165, 1.54) is 0 Å². The summed E-state index contributed by atoms with van der Waals surface area (Å²) in [5.41, 5.74) is 0. The molecule has 2 unspecified atom stereocenters. The van der Waals surface area contributed by atoms with Crippen molar-refractivity contribution >= 4 is 11.9 Å². The zero-order valence-electron chi connectivity index (χ0n) is 8.21. The average Bonchev–Trinajstić information content (AvgIpc) is 2.41. The van der Waals surface area contributed by atoms with Crippen LogP contribution in [0.1, 0.15) is 39.5 Å². The molecule has 13 heavy (non-hydrogen) atoms. The largest absolute Gasteiger partial charge is 0.393 e. The molecule has 0 N–H and O–H groups in total. The van der Waals surface area contributed by atoms with Crippen molar-refractivity contribution in [2.24, 2.45) is 11.8 Å². The van der Waals surface area contributed by atoms with Crippen molar-refractivity contribution in [2.45, 2.75) is 39.5 Å². The van der Waals surface area contributed by atoms with Gasteiger partial charge in [-0.1, -0.05) is 26.7 Å². The number of unbranched alkanes of at least 4 members (excludes halogenated alkanes) is 1. The fourth-order valence-electron chi connectivity index (χ4n) is 1.65. The molecule has 0 aromatic heterocycles. The number of hydrogen-bond acceptors (Lipinski definition) is 3. The standard InChI is InChI=1S/C10H16O3/c1-3-4-5-7(2)8-6-9(11)13-10(8)12/h7-8H,3-6H2,1-2H3. The molecule has 3 heteroatoms. The highest BCUT2D eigenvalue weighted by molar-refractivity contribution is 5.94. The fraction of sp³-hybridized carbons (Fsp3) is 0.800. The van der Waals surface area contributed by atoms with Crippen molar-refractivity contribution in [3.8, 4) is 0 Å². The fourth-order valence-corrected chi connectivity index (χ4v) is 1.65. The summed E-state index contributed by atoms with van der Waals surface area (Å²) in [4.78, 5) is 21.9. The van der Waals surface area contributed by atoms with Crippen molar-refractivity contribution in [3.63, 3.8) is 0 Å². The number of ether oxygens (including phenoxy) is 1. The van der Waals surface area contributed by atoms with Gasteiger partial charge in [0, 0.05) is 0 Å². The van der Waals surface area contributed by atoms with E-state index in [1.807, 2.05) is 6.92 Å². The Morgan fingerprint density at radius 2 is 2.23 bits per heavy atom. The molecule has 0 radical (unpaired) electrons. The normalized spacial score (nSPS) is 24.6. The molecule has 0 aliphatic carbocycles. The Morgan fingerprint density at radius 3 is 2.69 bits per heavy atom. The summed E-state index contributed by atoms with van der Waals surface area (Å²) < 4.78 is 4.50. The monoisotopic (exact) mass is 184 g/mol. The van der Waals surface area contributed by atoms with E-state index in [4.69, 9.17) is 0 Å². The van der Waals surface area contributed by atoms with Gasteiger partial charge >= 0.3 is 11.9 Å². The maximum atomic E-state index is 11.1. The first-order valence-electron chi connectivity index (χ1n) is 4.89. The minimum Gasteiger partial charge on any atom is -0.393 e. The van der Waals surface area contributed by atoms with Crippen LogP contribution in [0, 0.1) is 11.8 Å². The van der Waals surface area contributed by atoms with Crippen molar-refractivity contribution in [2.75, 3.05) is 0 Å². The van der Waals surface area contributed by atoms with E-state index in [-0.39, 0.29) is 30.2 Å². The Labute approximate surface area is 78.5 Å². The summed E-state index contributed by atoms with van der Waals surface area (Å²) in [5, 5.41) is 0. The molecule has 1 saturated heterocycles. The maximum Gasteiger partial charge on any atom is 0.317 e. The third kappa shape index (κ3) is 2.54. The van der Waals surface area contributed by atoms with E-state index in [9.17, 15) is 9.59 Å². The Hall–Kier alpha value is -0.860. The Kier molecular flexibility index (Phi) is 3.46. The molecule has 74 valence electrons. The van der Waals surface area contributed by atoms with Crippen molar-refractivity contribution in [1.29, 1.82) is 0 Å². The topological polar surface area (TPSA) is 43.4 Å². The highest BCUT2D eigenvalue weighted by Gasteiger charge is 2.36. The zero-order chi connectivity index (χ0) is 9.84. The van der Waals surface area contributed by atoms with Crippen LogP contribution >= 0.6 is 0 Å². The van der Waals surface area contributed by atoms with Crippen LogP contribution in [0.5, 0.6) is 0 Å². The first kappa shape index (κ1) is 10.2. The van der Waals surface area contributed by atoms with E-state index in [0.29, 0.717) is 0 Å². The smallest absolute Gasteiger partial charge is 0.317 e. The SMILES string of the molecule is CCCCC(C)C1CC(=O)OC1=O. The van der Waals surface area contributed by atoms with Gasteiger partial charge in [0.2, 0.25) is 0 Å². The molecule has 0 bridgehead atoms. The molecule has 1 aliphatic rings. The van der Waals surface area contributed by atoms with Crippen LogP contribution in [0.15, 0.2) is 0 Å². The predicted molar refractivity (Wildman–Crippen MR) is 47.9 cm³/mol. The quantitative estimate of drug-likeness (QED) is 0.495. The molecule has 0 aromatic rings. The van der Waals surface area contributed by atoms with Gasteiger partial charge in [0.15, 0.2) is 0 Å². The summed E-state index contributed by atoms with van der Waals surface area (Å²) in [6.07, 6.45) is 3.52. The van der Waals surface area contributed by atoms with Crippen LogP contribution in [0.3, 0.4) is 0 Å². The minimum absolute atomic E-state index is 0.181. The number of cyclic esters (lactones) is 2. The van der Waals surface area contributed by atoms with Gasteiger partial charge in [0.1, 0.15) is 0 Å². The van der Waals surface area contributed by atoms with Crippen LogP contribution in [0.25, 0.3) is 0 Å². The molecular formula is C10H16O3. The highest BCUT2D eigenvalue weighted by Crippen LogP contribution is 2.27. The average molecular weight is 184 g/mol.